The number of halogens is 2. The Bertz CT molecular complexity index is 1040. The van der Waals surface area contributed by atoms with Crippen LogP contribution in [0.1, 0.15) is 23.8 Å². The molecule has 0 saturated heterocycles. The van der Waals surface area contributed by atoms with Gasteiger partial charge in [-0.05, 0) is 48.9 Å². The lowest BCUT2D eigenvalue weighted by molar-refractivity contribution is -0.113. The number of thioether (sulfide) groups is 2. The largest absolute Gasteiger partial charge is 0.410 e. The van der Waals surface area contributed by atoms with Crippen LogP contribution in [0.25, 0.3) is 10.8 Å². The van der Waals surface area contributed by atoms with Gasteiger partial charge in [0.2, 0.25) is 5.91 Å². The summed E-state index contributed by atoms with van der Waals surface area (Å²) >= 11 is 3.20. The number of hydrogen-bond acceptors (Lipinski definition) is 7. The Kier molecular flexibility index (Phi) is 6.74. The number of hydrogen-bond donors (Lipinski definition) is 1. The lowest BCUT2D eigenvalue weighted by Gasteiger charge is -2.16. The Morgan fingerprint density at radius 2 is 2.20 bits per heavy atom. The van der Waals surface area contributed by atoms with E-state index in [1.807, 2.05) is 0 Å². The molecule has 0 bridgehead atoms. The molecule has 4 rings (SSSR count). The third kappa shape index (κ3) is 5.22. The molecule has 0 radical (unpaired) electrons. The first-order valence-corrected chi connectivity index (χ1v) is 12.1. The minimum Gasteiger partial charge on any atom is -0.410 e. The number of nitrogens with zero attached hydrogens (tertiary/aromatic N) is 2. The van der Waals surface area contributed by atoms with Crippen LogP contribution in [0.3, 0.4) is 0 Å². The molecular weight excluding hydrogens is 448 g/mol. The molecule has 2 aromatic heterocycles. The molecule has 0 spiro atoms. The van der Waals surface area contributed by atoms with E-state index in [0.29, 0.717) is 39.4 Å². The fraction of sp³-hybridized carbons (Fsp3) is 0.350. The molecule has 1 N–H and O–H groups in total. The quantitative estimate of drug-likeness (QED) is 0.432. The first-order valence-electron chi connectivity index (χ1n) is 9.40. The zero-order chi connectivity index (χ0) is 21.1. The van der Waals surface area contributed by atoms with E-state index in [9.17, 15) is 13.6 Å². The molecule has 5 nitrogen and oxygen atoms in total. The van der Waals surface area contributed by atoms with Gasteiger partial charge in [-0.25, -0.2) is 0 Å². The number of nitrogens with one attached hydrogen (secondary N) is 1. The van der Waals surface area contributed by atoms with Crippen LogP contribution in [-0.4, -0.2) is 27.6 Å². The lowest BCUT2D eigenvalue weighted by atomic mass is 9.90. The Morgan fingerprint density at radius 3 is 3.03 bits per heavy atom. The number of para-hydroxylation sites is 1. The zero-order valence-corrected chi connectivity index (χ0v) is 18.5. The third-order valence-corrected chi connectivity index (χ3v) is 7.48. The number of carbonyl (C=O) groups excluding carboxylic acids is 1. The maximum Gasteiger partial charge on any atom is 0.288 e. The van der Waals surface area contributed by atoms with Crippen molar-refractivity contribution in [2.24, 2.45) is 5.92 Å². The highest BCUT2D eigenvalue weighted by Crippen LogP contribution is 2.37. The minimum atomic E-state index is -2.56. The van der Waals surface area contributed by atoms with Gasteiger partial charge in [-0.2, -0.15) is 8.78 Å². The number of benzene rings is 1. The number of rotatable bonds is 7. The summed E-state index contributed by atoms with van der Waals surface area (Å²) in [5.74, 6) is -1.70. The summed E-state index contributed by atoms with van der Waals surface area (Å²) in [7, 11) is 0. The number of aromatic nitrogens is 2. The van der Waals surface area contributed by atoms with Gasteiger partial charge >= 0.3 is 0 Å². The second-order valence-electron chi connectivity index (χ2n) is 6.99. The van der Waals surface area contributed by atoms with Crippen LogP contribution in [0.5, 0.6) is 0 Å². The van der Waals surface area contributed by atoms with E-state index >= 15 is 0 Å². The number of thiophene rings is 1. The van der Waals surface area contributed by atoms with Crippen molar-refractivity contribution in [3.05, 3.63) is 40.8 Å². The highest BCUT2D eigenvalue weighted by molar-refractivity contribution is 8.00. The van der Waals surface area contributed by atoms with Gasteiger partial charge in [0.25, 0.3) is 16.9 Å². The van der Waals surface area contributed by atoms with Crippen molar-refractivity contribution in [1.29, 1.82) is 0 Å². The third-order valence-electron chi connectivity index (χ3n) is 4.65. The van der Waals surface area contributed by atoms with Crippen molar-refractivity contribution in [2.45, 2.75) is 42.1 Å². The van der Waals surface area contributed by atoms with Crippen LogP contribution < -0.4 is 5.32 Å². The number of carbonyl (C=O) groups is 1. The standard InChI is InChI=1S/C20H19F2N3O2S3/c1-11-6-7-14-12(8-11)9-16(29-14)18-24-25-20(27-18)28-10-17(26)23-13-4-2-3-5-15(13)30-19(21)22/h2-5,9,11,19H,6-8,10H2,1H3,(H,23,26)/t11-/m0/s1. The van der Waals surface area contributed by atoms with Crippen LogP contribution >= 0.6 is 34.9 Å². The Labute approximate surface area is 185 Å². The van der Waals surface area contributed by atoms with Gasteiger partial charge in [0.1, 0.15) is 0 Å². The number of anilines is 1. The molecule has 2 heterocycles. The van der Waals surface area contributed by atoms with Crippen LogP contribution in [-0.2, 0) is 17.6 Å². The summed E-state index contributed by atoms with van der Waals surface area (Å²) in [6, 6.07) is 8.60. The fourth-order valence-electron chi connectivity index (χ4n) is 3.26. The first kappa shape index (κ1) is 21.3. The monoisotopic (exact) mass is 467 g/mol. The molecule has 3 aromatic rings. The van der Waals surface area contributed by atoms with Gasteiger partial charge in [-0.3, -0.25) is 4.79 Å². The summed E-state index contributed by atoms with van der Waals surface area (Å²) in [4.78, 5) is 14.9. The van der Waals surface area contributed by atoms with Gasteiger partial charge in [0.05, 0.1) is 16.3 Å². The van der Waals surface area contributed by atoms with E-state index in [0.717, 1.165) is 29.5 Å². The molecule has 1 amide bonds. The molecule has 0 unspecified atom stereocenters. The van der Waals surface area contributed by atoms with E-state index in [1.165, 1.54) is 16.9 Å². The van der Waals surface area contributed by atoms with Gasteiger partial charge in [0, 0.05) is 9.77 Å². The topological polar surface area (TPSA) is 68.0 Å². The summed E-state index contributed by atoms with van der Waals surface area (Å²) in [5, 5.41) is 11.1. The fourth-order valence-corrected chi connectivity index (χ4v) is 5.55. The van der Waals surface area contributed by atoms with Crippen molar-refractivity contribution in [3.8, 4) is 10.8 Å². The predicted octanol–water partition coefficient (Wildman–Crippen LogP) is 5.97. The van der Waals surface area contributed by atoms with Crippen LogP contribution in [0.2, 0.25) is 0 Å². The second-order valence-corrected chi connectivity index (χ2v) is 10.1. The lowest BCUT2D eigenvalue weighted by Crippen LogP contribution is -2.14. The molecule has 1 aliphatic carbocycles. The molecule has 30 heavy (non-hydrogen) atoms. The van der Waals surface area contributed by atoms with Crippen LogP contribution in [0.4, 0.5) is 14.5 Å². The Morgan fingerprint density at radius 1 is 1.37 bits per heavy atom. The van der Waals surface area contributed by atoms with Crippen molar-refractivity contribution < 1.29 is 18.0 Å². The van der Waals surface area contributed by atoms with E-state index < -0.39 is 5.76 Å². The number of alkyl halides is 2. The average Bonchev–Trinajstić information content (AvgIpc) is 3.34. The normalized spacial score (nSPS) is 15.9. The van der Waals surface area contributed by atoms with E-state index in [-0.39, 0.29) is 11.7 Å². The predicted molar refractivity (Wildman–Crippen MR) is 116 cm³/mol. The maximum atomic E-state index is 12.7. The van der Waals surface area contributed by atoms with Crippen LogP contribution in [0.15, 0.2) is 44.9 Å². The van der Waals surface area contributed by atoms with Crippen molar-refractivity contribution in [1.82, 2.24) is 10.2 Å². The highest BCUT2D eigenvalue weighted by Gasteiger charge is 2.21. The van der Waals surface area contributed by atoms with Gasteiger partial charge in [0.15, 0.2) is 0 Å². The molecule has 0 saturated carbocycles. The Balaban J connectivity index is 1.35. The molecule has 158 valence electrons. The molecule has 0 fully saturated rings. The molecule has 0 aliphatic heterocycles. The van der Waals surface area contributed by atoms with Crippen molar-refractivity contribution in [3.63, 3.8) is 0 Å². The highest BCUT2D eigenvalue weighted by atomic mass is 32.2. The number of fused-ring (bicyclic) bond motifs is 1. The molecule has 10 heteroatoms. The minimum absolute atomic E-state index is 0.0355. The molecule has 1 atom stereocenters. The molecular formula is C20H19F2N3O2S3. The van der Waals surface area contributed by atoms with Crippen molar-refractivity contribution in [2.75, 3.05) is 11.1 Å². The second kappa shape index (κ2) is 9.49. The molecule has 1 aliphatic rings. The average molecular weight is 468 g/mol. The summed E-state index contributed by atoms with van der Waals surface area (Å²) in [6.45, 7) is 2.26. The van der Waals surface area contributed by atoms with E-state index in [1.54, 1.807) is 35.6 Å². The van der Waals surface area contributed by atoms with E-state index in [4.69, 9.17) is 4.42 Å². The SMILES string of the molecule is C[C@H]1CCc2sc(-c3nnc(SCC(=O)Nc4ccccc4SC(F)F)o3)cc2C1. The summed E-state index contributed by atoms with van der Waals surface area (Å²) in [5.41, 5.74) is 1.72. The first-order chi connectivity index (χ1) is 14.5. The number of amides is 1. The summed E-state index contributed by atoms with van der Waals surface area (Å²) in [6.07, 6.45) is 3.36. The van der Waals surface area contributed by atoms with Gasteiger partial charge in [-0.15, -0.1) is 21.5 Å². The molecule has 1 aromatic carbocycles. The zero-order valence-electron chi connectivity index (χ0n) is 16.1. The Hall–Kier alpha value is -1.91. The van der Waals surface area contributed by atoms with Gasteiger partial charge < -0.3 is 9.73 Å². The smallest absolute Gasteiger partial charge is 0.288 e. The maximum absolute atomic E-state index is 12.7. The van der Waals surface area contributed by atoms with Crippen LogP contribution in [0, 0.1) is 5.92 Å². The van der Waals surface area contributed by atoms with Crippen molar-refractivity contribution >= 4 is 46.5 Å². The van der Waals surface area contributed by atoms with E-state index in [2.05, 4.69) is 28.5 Å². The number of aryl methyl sites for hydroxylation is 1. The van der Waals surface area contributed by atoms with Gasteiger partial charge in [-0.1, -0.05) is 42.6 Å². The summed E-state index contributed by atoms with van der Waals surface area (Å²) < 4.78 is 31.0.